The van der Waals surface area contributed by atoms with Crippen LogP contribution in [0.3, 0.4) is 0 Å². The van der Waals surface area contributed by atoms with E-state index in [1.165, 1.54) is 6.07 Å². The minimum Gasteiger partial charge on any atom is -0.493 e. The predicted octanol–water partition coefficient (Wildman–Crippen LogP) is 2.60. The molecule has 0 saturated carbocycles. The van der Waals surface area contributed by atoms with Gasteiger partial charge in [-0.15, -0.1) is 0 Å². The summed E-state index contributed by atoms with van der Waals surface area (Å²) >= 11 is 1.72. The fourth-order valence-corrected chi connectivity index (χ4v) is 8.70. The van der Waals surface area contributed by atoms with E-state index in [4.69, 9.17) is 14.2 Å². The summed E-state index contributed by atoms with van der Waals surface area (Å²) in [5.41, 5.74) is 0.677. The summed E-state index contributed by atoms with van der Waals surface area (Å²) in [7, 11) is 0. The number of ether oxygens (including phenoxy) is 3. The lowest BCUT2D eigenvalue weighted by atomic mass is 9.98. The molecule has 4 N–H and O–H groups in total. The predicted molar refractivity (Wildman–Crippen MR) is 212 cm³/mol. The van der Waals surface area contributed by atoms with Gasteiger partial charge in [0, 0.05) is 62.4 Å². The molecule has 5 amide bonds. The van der Waals surface area contributed by atoms with E-state index < -0.39 is 41.0 Å². The maximum atomic E-state index is 15.0. The highest BCUT2D eigenvalue weighted by molar-refractivity contribution is 7.99. The van der Waals surface area contributed by atoms with Gasteiger partial charge in [-0.3, -0.25) is 43.9 Å². The first-order valence-electron chi connectivity index (χ1n) is 19.8. The fraction of sp³-hybridized carbons (Fsp3) is 0.525. The number of piperidine rings is 2. The van der Waals surface area contributed by atoms with Crippen LogP contribution in [0, 0.1) is 11.7 Å². The summed E-state index contributed by atoms with van der Waals surface area (Å²) in [5.74, 6) is -1.36. The smallest absolute Gasteiger partial charge is 0.264 e. The van der Waals surface area contributed by atoms with Crippen molar-refractivity contribution >= 4 is 57.9 Å². The van der Waals surface area contributed by atoms with Crippen molar-refractivity contribution in [2.24, 2.45) is 5.92 Å². The highest BCUT2D eigenvalue weighted by Crippen LogP contribution is 2.32. The van der Waals surface area contributed by atoms with E-state index in [1.807, 2.05) is 0 Å². The van der Waals surface area contributed by atoms with E-state index in [1.54, 1.807) is 36.0 Å². The Hall–Kier alpha value is -4.91. The number of fused-ring (bicyclic) bond motifs is 2. The molecular weight excluding hydrogens is 774 g/mol. The third-order valence-electron chi connectivity index (χ3n) is 10.8. The number of aromatic amines is 1. The molecule has 3 fully saturated rings. The van der Waals surface area contributed by atoms with Crippen LogP contribution in [0.25, 0.3) is 10.9 Å². The second-order valence-corrected chi connectivity index (χ2v) is 16.2. The van der Waals surface area contributed by atoms with Crippen molar-refractivity contribution in [1.29, 1.82) is 0 Å². The van der Waals surface area contributed by atoms with E-state index in [0.29, 0.717) is 67.6 Å². The average Bonchev–Trinajstić information content (AvgIpc) is 3.47. The van der Waals surface area contributed by atoms with Crippen LogP contribution in [0.15, 0.2) is 35.1 Å². The number of anilines is 1. The molecule has 1 atom stereocenters. The van der Waals surface area contributed by atoms with Gasteiger partial charge in [0.2, 0.25) is 17.7 Å². The standard InChI is InChI=1S/C40H48FN7O9S/c41-28-19-25(20-30-36(28)38(52)45-32(44-30)23-58-26-9-16-56-17-10-26)57-22-24-7-13-47(14-8-24)21-34(50)43-12-18-55-15-2-11-42-29-4-1-3-27-35(29)40(54)48(39(27)53)31-5-6-33(49)46-37(31)51/h1,3-4,19-20,24,26,31,42H,2,5-18,21-23H2,(H,43,50)(H,44,45,52)(H,46,49,51). The number of benzene rings is 2. The van der Waals surface area contributed by atoms with Gasteiger partial charge in [-0.2, -0.15) is 11.8 Å². The third-order valence-corrected chi connectivity index (χ3v) is 12.2. The number of carbonyl (C=O) groups is 5. The van der Waals surface area contributed by atoms with Crippen molar-refractivity contribution in [2.45, 2.75) is 62.0 Å². The number of hydrogen-bond acceptors (Lipinski definition) is 13. The monoisotopic (exact) mass is 821 g/mol. The molecule has 0 radical (unpaired) electrons. The van der Waals surface area contributed by atoms with Crippen molar-refractivity contribution < 1.29 is 42.6 Å². The topological polar surface area (TPSA) is 201 Å². The van der Waals surface area contributed by atoms with Gasteiger partial charge in [-0.1, -0.05) is 6.07 Å². The summed E-state index contributed by atoms with van der Waals surface area (Å²) in [6.45, 7) is 5.12. The quantitative estimate of drug-likeness (QED) is 0.115. The number of halogens is 1. The van der Waals surface area contributed by atoms with E-state index in [0.717, 1.165) is 56.9 Å². The maximum absolute atomic E-state index is 15.0. The number of imide groups is 2. The molecule has 4 aliphatic heterocycles. The molecular formula is C40H48FN7O9S. The summed E-state index contributed by atoms with van der Waals surface area (Å²) in [4.78, 5) is 85.8. The second-order valence-electron chi connectivity index (χ2n) is 14.9. The van der Waals surface area contributed by atoms with Crippen LogP contribution in [0.5, 0.6) is 5.75 Å². The van der Waals surface area contributed by atoms with Crippen LogP contribution in [0.1, 0.15) is 71.5 Å². The van der Waals surface area contributed by atoms with E-state index >= 15 is 0 Å². The molecule has 58 heavy (non-hydrogen) atoms. The number of likely N-dealkylation sites (tertiary alicyclic amines) is 1. The summed E-state index contributed by atoms with van der Waals surface area (Å²) in [6, 6.07) is 6.75. The highest BCUT2D eigenvalue weighted by Gasteiger charge is 2.45. The Morgan fingerprint density at radius 3 is 2.60 bits per heavy atom. The molecule has 0 spiro atoms. The number of aromatic nitrogens is 2. The largest absolute Gasteiger partial charge is 0.493 e. The van der Waals surface area contributed by atoms with Gasteiger partial charge >= 0.3 is 0 Å². The lowest BCUT2D eigenvalue weighted by Gasteiger charge is -2.31. The van der Waals surface area contributed by atoms with E-state index in [-0.39, 0.29) is 53.2 Å². The van der Waals surface area contributed by atoms with Crippen molar-refractivity contribution in [3.05, 3.63) is 63.5 Å². The fourth-order valence-electron chi connectivity index (χ4n) is 7.65. The number of amides is 5. The SMILES string of the molecule is O=C(CN1CCC(COc2cc(F)c3c(=O)[nH]c(CSC4CCOCC4)nc3c2)CC1)NCCOCCCNc1cccc2c1C(=O)N(C1CCC(=O)NC1=O)C2=O. The zero-order valence-electron chi connectivity index (χ0n) is 32.1. The van der Waals surface area contributed by atoms with Crippen LogP contribution >= 0.6 is 11.8 Å². The van der Waals surface area contributed by atoms with Gasteiger partial charge in [-0.05, 0) is 69.7 Å². The molecule has 3 aromatic rings. The van der Waals surface area contributed by atoms with Crippen molar-refractivity contribution in [3.8, 4) is 5.75 Å². The number of nitrogens with zero attached hydrogens (tertiary/aromatic N) is 3. The van der Waals surface area contributed by atoms with Crippen LogP contribution in [-0.2, 0) is 29.6 Å². The van der Waals surface area contributed by atoms with Crippen molar-refractivity contribution in [3.63, 3.8) is 0 Å². The van der Waals surface area contributed by atoms with Crippen LogP contribution in [0.2, 0.25) is 0 Å². The lowest BCUT2D eigenvalue weighted by molar-refractivity contribution is -0.136. The first-order chi connectivity index (χ1) is 28.1. The van der Waals surface area contributed by atoms with Crippen LogP contribution in [-0.4, -0.2) is 126 Å². The minimum absolute atomic E-state index is 0.0533. The van der Waals surface area contributed by atoms with Crippen molar-refractivity contribution in [2.75, 3.05) is 71.1 Å². The van der Waals surface area contributed by atoms with Crippen LogP contribution < -0.4 is 26.2 Å². The normalized spacial score (nSPS) is 19.4. The van der Waals surface area contributed by atoms with E-state index in [9.17, 15) is 33.2 Å². The summed E-state index contributed by atoms with van der Waals surface area (Å²) in [6.07, 6.45) is 4.29. The Kier molecular flexibility index (Phi) is 13.7. The Balaban J connectivity index is 0.762. The molecule has 1 unspecified atom stereocenters. The van der Waals surface area contributed by atoms with E-state index in [2.05, 4.69) is 30.8 Å². The number of hydrogen-bond donors (Lipinski definition) is 4. The number of carbonyl (C=O) groups excluding carboxylic acids is 5. The Bertz CT molecular complexity index is 2090. The molecule has 2 aromatic carbocycles. The number of nitrogens with one attached hydrogen (secondary N) is 4. The van der Waals surface area contributed by atoms with Gasteiger partial charge in [0.1, 0.15) is 28.8 Å². The molecule has 7 rings (SSSR count). The molecule has 0 aliphatic carbocycles. The van der Waals surface area contributed by atoms with Gasteiger partial charge < -0.3 is 29.8 Å². The number of H-pyrrole nitrogens is 1. The molecule has 3 saturated heterocycles. The summed E-state index contributed by atoms with van der Waals surface area (Å²) < 4.78 is 32.1. The molecule has 310 valence electrons. The zero-order valence-corrected chi connectivity index (χ0v) is 33.0. The average molecular weight is 822 g/mol. The molecule has 18 heteroatoms. The molecule has 5 heterocycles. The zero-order chi connectivity index (χ0) is 40.6. The van der Waals surface area contributed by atoms with Gasteiger partial charge in [-0.25, -0.2) is 9.37 Å². The second kappa shape index (κ2) is 19.2. The molecule has 16 nitrogen and oxygen atoms in total. The first-order valence-corrected chi connectivity index (χ1v) is 20.9. The molecule has 4 aliphatic rings. The lowest BCUT2D eigenvalue weighted by Crippen LogP contribution is -2.54. The Labute approximate surface area is 338 Å². The van der Waals surface area contributed by atoms with Gasteiger partial charge in [0.25, 0.3) is 17.4 Å². The third kappa shape index (κ3) is 10.0. The number of rotatable bonds is 17. The molecule has 1 aromatic heterocycles. The van der Waals surface area contributed by atoms with Gasteiger partial charge in [0.15, 0.2) is 0 Å². The van der Waals surface area contributed by atoms with Crippen LogP contribution in [0.4, 0.5) is 10.1 Å². The Morgan fingerprint density at radius 2 is 1.81 bits per heavy atom. The minimum atomic E-state index is -1.03. The molecule has 0 bridgehead atoms. The first kappa shape index (κ1) is 41.3. The van der Waals surface area contributed by atoms with Gasteiger partial charge in [0.05, 0.1) is 42.2 Å². The highest BCUT2D eigenvalue weighted by atomic mass is 32.2. The summed E-state index contributed by atoms with van der Waals surface area (Å²) in [5, 5.41) is 8.64. The number of thioether (sulfide) groups is 1. The van der Waals surface area contributed by atoms with Crippen molar-refractivity contribution in [1.82, 2.24) is 30.4 Å². The maximum Gasteiger partial charge on any atom is 0.264 e. The Morgan fingerprint density at radius 1 is 1.00 bits per heavy atom.